The molecule has 0 aromatic heterocycles. The van der Waals surface area contributed by atoms with Crippen LogP contribution in [0.3, 0.4) is 0 Å². The van der Waals surface area contributed by atoms with Crippen LogP contribution in [0.2, 0.25) is 0 Å². The van der Waals surface area contributed by atoms with Crippen LogP contribution in [-0.4, -0.2) is 25.0 Å². The van der Waals surface area contributed by atoms with Gasteiger partial charge in [0.15, 0.2) is 0 Å². The molecule has 0 radical (unpaired) electrons. The van der Waals surface area contributed by atoms with Gasteiger partial charge in [0.05, 0.1) is 5.92 Å². The molecular formula is C13H16ClFN2O. The van der Waals surface area contributed by atoms with Gasteiger partial charge in [-0.3, -0.25) is 4.79 Å². The lowest BCUT2D eigenvalue weighted by atomic mass is 10.0. The highest BCUT2D eigenvalue weighted by atomic mass is 35.5. The third-order valence-electron chi connectivity index (χ3n) is 3.55. The number of hydrogen-bond donors (Lipinski definition) is 2. The summed E-state index contributed by atoms with van der Waals surface area (Å²) in [6.07, 6.45) is 0.926. The fourth-order valence-corrected chi connectivity index (χ4v) is 2.23. The van der Waals surface area contributed by atoms with Gasteiger partial charge in [0, 0.05) is 25.0 Å². The van der Waals surface area contributed by atoms with Crippen molar-refractivity contribution in [3.05, 3.63) is 35.6 Å². The van der Waals surface area contributed by atoms with E-state index in [1.165, 1.54) is 6.07 Å². The maximum Gasteiger partial charge on any atom is 0.225 e. The van der Waals surface area contributed by atoms with Crippen LogP contribution in [0.1, 0.15) is 17.9 Å². The molecule has 1 saturated heterocycles. The zero-order chi connectivity index (χ0) is 11.8. The third-order valence-corrected chi connectivity index (χ3v) is 3.55. The Labute approximate surface area is 112 Å². The van der Waals surface area contributed by atoms with Crippen molar-refractivity contribution in [2.75, 3.05) is 13.1 Å². The molecule has 1 aromatic rings. The van der Waals surface area contributed by atoms with E-state index in [9.17, 15) is 9.18 Å². The van der Waals surface area contributed by atoms with Crippen LogP contribution in [0, 0.1) is 11.7 Å². The zero-order valence-corrected chi connectivity index (χ0v) is 10.7. The molecule has 2 fully saturated rings. The molecule has 1 aliphatic carbocycles. The van der Waals surface area contributed by atoms with Crippen LogP contribution in [0.25, 0.3) is 0 Å². The van der Waals surface area contributed by atoms with E-state index in [0.29, 0.717) is 5.92 Å². The average molecular weight is 271 g/mol. The summed E-state index contributed by atoms with van der Waals surface area (Å²) in [5.41, 5.74) is 0.988. The van der Waals surface area contributed by atoms with Crippen LogP contribution in [-0.2, 0) is 4.79 Å². The van der Waals surface area contributed by atoms with Gasteiger partial charge in [0.2, 0.25) is 5.91 Å². The van der Waals surface area contributed by atoms with Crippen molar-refractivity contribution in [2.24, 2.45) is 5.92 Å². The van der Waals surface area contributed by atoms with E-state index in [2.05, 4.69) is 10.6 Å². The number of carbonyl (C=O) groups excluding carboxylic acids is 1. The third kappa shape index (κ3) is 2.65. The number of nitrogens with one attached hydrogen (secondary N) is 2. The molecule has 1 amide bonds. The molecule has 1 heterocycles. The van der Waals surface area contributed by atoms with Crippen molar-refractivity contribution in [1.29, 1.82) is 0 Å². The Kier molecular flexibility index (Phi) is 3.88. The van der Waals surface area contributed by atoms with Gasteiger partial charge >= 0.3 is 0 Å². The molecule has 2 N–H and O–H groups in total. The first-order chi connectivity index (χ1) is 8.24. The average Bonchev–Trinajstić information content (AvgIpc) is 2.94. The van der Waals surface area contributed by atoms with Crippen LogP contribution >= 0.6 is 12.4 Å². The van der Waals surface area contributed by atoms with Gasteiger partial charge < -0.3 is 10.6 Å². The van der Waals surface area contributed by atoms with Gasteiger partial charge in [0.25, 0.3) is 0 Å². The van der Waals surface area contributed by atoms with Crippen molar-refractivity contribution in [3.8, 4) is 0 Å². The molecule has 1 aromatic carbocycles. The van der Waals surface area contributed by atoms with Gasteiger partial charge in [-0.15, -0.1) is 12.4 Å². The molecule has 1 aliphatic heterocycles. The fraction of sp³-hybridized carbons (Fsp3) is 0.462. The van der Waals surface area contributed by atoms with Gasteiger partial charge in [-0.2, -0.15) is 0 Å². The summed E-state index contributed by atoms with van der Waals surface area (Å²) in [4.78, 5) is 11.7. The number of amides is 1. The molecule has 2 aliphatic rings. The smallest absolute Gasteiger partial charge is 0.225 e. The Balaban J connectivity index is 0.00000120. The van der Waals surface area contributed by atoms with Crippen LogP contribution in [0.15, 0.2) is 24.3 Å². The lowest BCUT2D eigenvalue weighted by Crippen LogP contribution is -2.51. The Bertz CT molecular complexity index is 450. The SMILES string of the molecule is Cl.O=C(NC1CC1c1cccc(F)c1)C1CNC1. The number of halogens is 2. The number of hydrogen-bond acceptors (Lipinski definition) is 2. The van der Waals surface area contributed by atoms with Crippen molar-refractivity contribution < 1.29 is 9.18 Å². The molecule has 3 nitrogen and oxygen atoms in total. The van der Waals surface area contributed by atoms with E-state index in [0.717, 1.165) is 25.1 Å². The molecule has 5 heteroatoms. The first kappa shape index (κ1) is 13.3. The molecule has 2 unspecified atom stereocenters. The normalized spacial score (nSPS) is 25.8. The van der Waals surface area contributed by atoms with Gasteiger partial charge in [-0.05, 0) is 24.1 Å². The summed E-state index contributed by atoms with van der Waals surface area (Å²) in [6, 6.07) is 6.84. The lowest BCUT2D eigenvalue weighted by Gasteiger charge is -2.25. The molecule has 1 saturated carbocycles. The summed E-state index contributed by atoms with van der Waals surface area (Å²) < 4.78 is 13.0. The minimum Gasteiger partial charge on any atom is -0.352 e. The van der Waals surface area contributed by atoms with E-state index >= 15 is 0 Å². The Morgan fingerprint density at radius 1 is 1.39 bits per heavy atom. The summed E-state index contributed by atoms with van der Waals surface area (Å²) in [5.74, 6) is 0.349. The van der Waals surface area contributed by atoms with E-state index in [4.69, 9.17) is 0 Å². The monoisotopic (exact) mass is 270 g/mol. The summed E-state index contributed by atoms with van der Waals surface area (Å²) in [7, 11) is 0. The second-order valence-electron chi connectivity index (χ2n) is 4.87. The predicted molar refractivity (Wildman–Crippen MR) is 69.3 cm³/mol. The predicted octanol–water partition coefficient (Wildman–Crippen LogP) is 1.44. The van der Waals surface area contributed by atoms with Crippen LogP contribution < -0.4 is 10.6 Å². The first-order valence-corrected chi connectivity index (χ1v) is 6.00. The van der Waals surface area contributed by atoms with Crippen molar-refractivity contribution in [1.82, 2.24) is 10.6 Å². The number of carbonyl (C=O) groups is 1. The summed E-state index contributed by atoms with van der Waals surface area (Å²) in [6.45, 7) is 1.56. The largest absolute Gasteiger partial charge is 0.352 e. The van der Waals surface area contributed by atoms with Crippen molar-refractivity contribution in [3.63, 3.8) is 0 Å². The summed E-state index contributed by atoms with van der Waals surface area (Å²) in [5, 5.41) is 6.10. The maximum absolute atomic E-state index is 13.0. The van der Waals surface area contributed by atoms with E-state index in [1.807, 2.05) is 6.07 Å². The Morgan fingerprint density at radius 3 is 2.78 bits per heavy atom. The zero-order valence-electron chi connectivity index (χ0n) is 9.86. The first-order valence-electron chi connectivity index (χ1n) is 6.00. The minimum atomic E-state index is -0.206. The Morgan fingerprint density at radius 2 is 2.17 bits per heavy atom. The van der Waals surface area contributed by atoms with Crippen LogP contribution in [0.4, 0.5) is 4.39 Å². The molecule has 18 heavy (non-hydrogen) atoms. The second kappa shape index (κ2) is 5.24. The van der Waals surface area contributed by atoms with Crippen LogP contribution in [0.5, 0.6) is 0 Å². The minimum absolute atomic E-state index is 0. The second-order valence-corrected chi connectivity index (χ2v) is 4.87. The molecule has 98 valence electrons. The highest BCUT2D eigenvalue weighted by molar-refractivity contribution is 5.85. The highest BCUT2D eigenvalue weighted by Gasteiger charge is 2.41. The van der Waals surface area contributed by atoms with Crippen molar-refractivity contribution >= 4 is 18.3 Å². The topological polar surface area (TPSA) is 41.1 Å². The summed E-state index contributed by atoms with van der Waals surface area (Å²) >= 11 is 0. The number of benzene rings is 1. The van der Waals surface area contributed by atoms with Gasteiger partial charge in [-0.1, -0.05) is 12.1 Å². The molecule has 3 rings (SSSR count). The highest BCUT2D eigenvalue weighted by Crippen LogP contribution is 2.41. The van der Waals surface area contributed by atoms with E-state index in [-0.39, 0.29) is 36.1 Å². The maximum atomic E-state index is 13.0. The molecular weight excluding hydrogens is 255 g/mol. The van der Waals surface area contributed by atoms with E-state index in [1.54, 1.807) is 12.1 Å². The van der Waals surface area contributed by atoms with Gasteiger partial charge in [-0.25, -0.2) is 4.39 Å². The standard InChI is InChI=1S/C13H15FN2O.ClH/c14-10-3-1-2-8(4-10)11-5-12(11)16-13(17)9-6-15-7-9;/h1-4,9,11-12,15H,5-7H2,(H,16,17);1H. The molecule has 2 atom stereocenters. The number of rotatable bonds is 3. The van der Waals surface area contributed by atoms with Gasteiger partial charge in [0.1, 0.15) is 5.82 Å². The molecule has 0 bridgehead atoms. The van der Waals surface area contributed by atoms with E-state index < -0.39 is 0 Å². The quantitative estimate of drug-likeness (QED) is 0.873. The van der Waals surface area contributed by atoms with Crippen molar-refractivity contribution in [2.45, 2.75) is 18.4 Å². The lowest BCUT2D eigenvalue weighted by molar-refractivity contribution is -0.126. The Hall–Kier alpha value is -1.13. The fourth-order valence-electron chi connectivity index (χ4n) is 2.23. The molecule has 0 spiro atoms.